The highest BCUT2D eigenvalue weighted by molar-refractivity contribution is 7.90. The lowest BCUT2D eigenvalue weighted by atomic mass is 10.2. The maximum atomic E-state index is 13.2. The first-order chi connectivity index (χ1) is 12.7. The van der Waals surface area contributed by atoms with Crippen LogP contribution in [0.25, 0.3) is 10.9 Å². The summed E-state index contributed by atoms with van der Waals surface area (Å²) in [5, 5.41) is 1.59. The summed E-state index contributed by atoms with van der Waals surface area (Å²) in [6, 6.07) is 9.07. The first-order valence-electron chi connectivity index (χ1n) is 7.99. The van der Waals surface area contributed by atoms with Crippen LogP contribution < -0.4 is 4.74 Å². The number of benzene rings is 2. The number of fused-ring (bicyclic) bond motifs is 1. The molecule has 0 saturated heterocycles. The number of hydrogen-bond acceptors (Lipinski definition) is 4. The van der Waals surface area contributed by atoms with Crippen molar-refractivity contribution in [1.29, 1.82) is 0 Å². The summed E-state index contributed by atoms with van der Waals surface area (Å²) in [7, 11) is -0.0542. The van der Waals surface area contributed by atoms with Gasteiger partial charge in [-0.3, -0.25) is 0 Å². The molecule has 9 heteroatoms. The first-order valence-corrected chi connectivity index (χ1v) is 10.6. The largest absolute Gasteiger partial charge is 0.490 e. The Kier molecular flexibility index (Phi) is 5.93. The van der Waals surface area contributed by atoms with E-state index in [1.165, 1.54) is 36.5 Å². The molecule has 3 aromatic rings. The van der Waals surface area contributed by atoms with Crippen LogP contribution in [0.1, 0.15) is 0 Å². The van der Waals surface area contributed by atoms with Gasteiger partial charge in [-0.15, -0.1) is 0 Å². The molecule has 27 heavy (non-hydrogen) atoms. The SMILES string of the molecule is CN(C)CCOc1cn(S(=O)(=O)c2ccc(Cl)cc2)c2c(Cl)cc(Cl)cc12. The van der Waals surface area contributed by atoms with E-state index < -0.39 is 10.0 Å². The number of nitrogens with zero attached hydrogens (tertiary/aromatic N) is 2. The Hall–Kier alpha value is -1.44. The van der Waals surface area contributed by atoms with Crippen LogP contribution >= 0.6 is 34.8 Å². The Morgan fingerprint density at radius 1 is 1.04 bits per heavy atom. The second kappa shape index (κ2) is 7.89. The molecule has 0 unspecified atom stereocenters. The predicted molar refractivity (Wildman–Crippen MR) is 110 cm³/mol. The Labute approximate surface area is 173 Å². The lowest BCUT2D eigenvalue weighted by Gasteiger charge is -2.10. The van der Waals surface area contributed by atoms with Crippen LogP contribution in [-0.2, 0) is 10.0 Å². The van der Waals surface area contributed by atoms with Gasteiger partial charge in [0.1, 0.15) is 12.4 Å². The standard InChI is InChI=1S/C18H17Cl3N2O3S/c1-22(2)7-8-26-17-11-23(18-15(17)9-13(20)10-16(18)21)27(24,25)14-5-3-12(19)4-6-14/h3-6,9-11H,7-8H2,1-2H3. The Morgan fingerprint density at radius 3 is 2.33 bits per heavy atom. The fourth-order valence-corrected chi connectivity index (χ4v) is 4.72. The van der Waals surface area contributed by atoms with Crippen LogP contribution in [-0.4, -0.2) is 44.5 Å². The highest BCUT2D eigenvalue weighted by atomic mass is 35.5. The molecule has 0 aliphatic carbocycles. The summed E-state index contributed by atoms with van der Waals surface area (Å²) in [4.78, 5) is 2.05. The number of ether oxygens (including phenoxy) is 1. The van der Waals surface area contributed by atoms with Crippen LogP contribution in [0.2, 0.25) is 15.1 Å². The number of rotatable bonds is 6. The molecule has 1 heterocycles. The average Bonchev–Trinajstić information content (AvgIpc) is 2.94. The molecule has 0 aliphatic heterocycles. The second-order valence-corrected chi connectivity index (χ2v) is 9.28. The lowest BCUT2D eigenvalue weighted by molar-refractivity contribution is 0.263. The van der Waals surface area contributed by atoms with Gasteiger partial charge in [0.05, 0.1) is 21.6 Å². The van der Waals surface area contributed by atoms with Crippen molar-refractivity contribution in [3.63, 3.8) is 0 Å². The van der Waals surface area contributed by atoms with Crippen molar-refractivity contribution in [2.75, 3.05) is 27.2 Å². The molecule has 0 bridgehead atoms. The molecule has 0 N–H and O–H groups in total. The summed E-state index contributed by atoms with van der Waals surface area (Å²) in [5.74, 6) is 0.397. The normalized spacial score (nSPS) is 12.1. The zero-order valence-corrected chi connectivity index (χ0v) is 17.7. The summed E-state index contributed by atoms with van der Waals surface area (Å²) < 4.78 is 33.2. The van der Waals surface area contributed by atoms with Gasteiger partial charge in [-0.25, -0.2) is 12.4 Å². The first kappa shape index (κ1) is 20.3. The molecule has 3 rings (SSSR count). The number of halogens is 3. The molecule has 0 fully saturated rings. The van der Waals surface area contributed by atoms with Gasteiger partial charge >= 0.3 is 0 Å². The van der Waals surface area contributed by atoms with Crippen molar-refractivity contribution >= 4 is 55.7 Å². The number of aromatic nitrogens is 1. The van der Waals surface area contributed by atoms with Gasteiger partial charge in [-0.1, -0.05) is 34.8 Å². The maximum absolute atomic E-state index is 13.2. The molecule has 0 spiro atoms. The summed E-state index contributed by atoms with van der Waals surface area (Å²) in [6.07, 6.45) is 1.42. The van der Waals surface area contributed by atoms with Crippen molar-refractivity contribution in [2.24, 2.45) is 0 Å². The third-order valence-corrected chi connectivity index (χ3v) is 6.35. The number of likely N-dealkylation sites (N-methyl/N-ethyl adjacent to an activating group) is 1. The van der Waals surface area contributed by atoms with Gasteiger partial charge in [0, 0.05) is 22.0 Å². The molecule has 0 radical (unpaired) electrons. The molecule has 2 aromatic carbocycles. The third-order valence-electron chi connectivity index (χ3n) is 3.92. The highest BCUT2D eigenvalue weighted by Crippen LogP contribution is 2.37. The smallest absolute Gasteiger partial charge is 0.268 e. The summed E-state index contributed by atoms with van der Waals surface area (Å²) in [5.41, 5.74) is 0.316. The lowest BCUT2D eigenvalue weighted by Crippen LogP contribution is -2.19. The van der Waals surface area contributed by atoms with Crippen LogP contribution in [0.3, 0.4) is 0 Å². The molecule has 144 valence electrons. The number of hydrogen-bond donors (Lipinski definition) is 0. The van der Waals surface area contributed by atoms with Crippen molar-refractivity contribution in [2.45, 2.75) is 4.90 Å². The van der Waals surface area contributed by atoms with Crippen molar-refractivity contribution < 1.29 is 13.2 Å². The average molecular weight is 448 g/mol. The van der Waals surface area contributed by atoms with Crippen molar-refractivity contribution in [1.82, 2.24) is 8.87 Å². The van der Waals surface area contributed by atoms with Crippen LogP contribution in [0, 0.1) is 0 Å². The van der Waals surface area contributed by atoms with E-state index in [1.54, 1.807) is 6.07 Å². The molecule has 0 aliphatic rings. The second-order valence-electron chi connectivity index (χ2n) is 6.18. The Bertz CT molecular complexity index is 1080. The maximum Gasteiger partial charge on any atom is 0.268 e. The Morgan fingerprint density at radius 2 is 1.70 bits per heavy atom. The van der Waals surface area contributed by atoms with Gasteiger partial charge < -0.3 is 9.64 Å². The minimum atomic E-state index is -3.90. The topological polar surface area (TPSA) is 51.5 Å². The van der Waals surface area contributed by atoms with Crippen LogP contribution in [0.5, 0.6) is 5.75 Å². The van der Waals surface area contributed by atoms with E-state index in [9.17, 15) is 8.42 Å². The third kappa shape index (κ3) is 4.20. The van der Waals surface area contributed by atoms with E-state index in [4.69, 9.17) is 39.5 Å². The monoisotopic (exact) mass is 446 g/mol. The van der Waals surface area contributed by atoms with Crippen LogP contribution in [0.4, 0.5) is 0 Å². The molecular weight excluding hydrogens is 431 g/mol. The van der Waals surface area contributed by atoms with Crippen molar-refractivity contribution in [3.05, 3.63) is 57.7 Å². The molecule has 0 atom stereocenters. The van der Waals surface area contributed by atoms with Gasteiger partial charge in [-0.2, -0.15) is 0 Å². The van der Waals surface area contributed by atoms with E-state index in [1.807, 2.05) is 19.0 Å². The van der Waals surface area contributed by atoms with Gasteiger partial charge in [0.25, 0.3) is 10.0 Å². The zero-order valence-electron chi connectivity index (χ0n) is 14.6. The highest BCUT2D eigenvalue weighted by Gasteiger charge is 2.24. The van der Waals surface area contributed by atoms with Gasteiger partial charge in [0.2, 0.25) is 0 Å². The molecule has 0 saturated carbocycles. The van der Waals surface area contributed by atoms with Crippen molar-refractivity contribution in [3.8, 4) is 5.75 Å². The van der Waals surface area contributed by atoms with E-state index in [0.717, 1.165) is 3.97 Å². The Balaban J connectivity index is 2.16. The zero-order chi connectivity index (χ0) is 19.8. The van der Waals surface area contributed by atoms with E-state index >= 15 is 0 Å². The quantitative estimate of drug-likeness (QED) is 0.546. The van der Waals surface area contributed by atoms with E-state index in [0.29, 0.717) is 39.8 Å². The molecule has 0 amide bonds. The molecule has 1 aromatic heterocycles. The summed E-state index contributed by atoms with van der Waals surface area (Å²) >= 11 is 18.3. The fraction of sp³-hybridized carbons (Fsp3) is 0.222. The minimum absolute atomic E-state index is 0.0923. The van der Waals surface area contributed by atoms with Gasteiger partial charge in [0.15, 0.2) is 0 Å². The molecule has 5 nitrogen and oxygen atoms in total. The molecular formula is C18H17Cl3N2O3S. The predicted octanol–water partition coefficient (Wildman–Crippen LogP) is 4.78. The van der Waals surface area contributed by atoms with Crippen LogP contribution in [0.15, 0.2) is 47.5 Å². The minimum Gasteiger partial charge on any atom is -0.490 e. The van der Waals surface area contributed by atoms with E-state index in [2.05, 4.69) is 0 Å². The summed E-state index contributed by atoms with van der Waals surface area (Å²) in [6.45, 7) is 1.06. The fourth-order valence-electron chi connectivity index (χ4n) is 2.58. The van der Waals surface area contributed by atoms with E-state index in [-0.39, 0.29) is 9.92 Å². The van der Waals surface area contributed by atoms with Gasteiger partial charge in [-0.05, 0) is 50.5 Å².